The molecule has 0 spiro atoms. The van der Waals surface area contributed by atoms with Gasteiger partial charge in [0.15, 0.2) is 5.82 Å². The van der Waals surface area contributed by atoms with Gasteiger partial charge in [-0.05, 0) is 97.1 Å². The molecule has 0 aliphatic heterocycles. The van der Waals surface area contributed by atoms with E-state index in [2.05, 4.69) is 261 Å². The highest BCUT2D eigenvalue weighted by atomic mass is 15.0. The average Bonchev–Trinajstić information content (AvgIpc) is 4.31. The van der Waals surface area contributed by atoms with E-state index in [0.717, 1.165) is 89.3 Å². The first-order chi connectivity index (χ1) is 37.7. The summed E-state index contributed by atoms with van der Waals surface area (Å²) in [5, 5.41) is 9.56. The maximum absolute atomic E-state index is 5.33. The molecule has 0 aliphatic rings. The van der Waals surface area contributed by atoms with E-state index in [1.807, 2.05) is 24.3 Å². The van der Waals surface area contributed by atoms with E-state index < -0.39 is 0 Å². The number of fused-ring (bicyclic) bond motifs is 14. The Bertz CT molecular complexity index is 4890. The Kier molecular flexibility index (Phi) is 9.23. The van der Waals surface area contributed by atoms with Crippen molar-refractivity contribution in [2.24, 2.45) is 0 Å². The maximum Gasteiger partial charge on any atom is 0.160 e. The zero-order valence-electron chi connectivity index (χ0n) is 41.1. The molecule has 0 atom stereocenters. The Labute approximate surface area is 436 Å². The lowest BCUT2D eigenvalue weighted by Crippen LogP contribution is -1.96. The summed E-state index contributed by atoms with van der Waals surface area (Å²) in [5.74, 6) is 0.691. The fraction of sp³-hybridized carbons (Fsp3) is 0. The van der Waals surface area contributed by atoms with Crippen molar-refractivity contribution < 1.29 is 0 Å². The second-order valence-corrected chi connectivity index (χ2v) is 19.7. The van der Waals surface area contributed by atoms with E-state index in [9.17, 15) is 0 Å². The molecule has 6 heteroatoms. The number of hydrogen-bond acceptors (Lipinski definition) is 2. The largest absolute Gasteiger partial charge is 0.309 e. The number of para-hydroxylation sites is 5. The van der Waals surface area contributed by atoms with Crippen LogP contribution in [-0.2, 0) is 0 Å². The zero-order valence-corrected chi connectivity index (χ0v) is 41.1. The van der Waals surface area contributed by atoms with Gasteiger partial charge in [-0.1, -0.05) is 170 Å². The van der Waals surface area contributed by atoms with Crippen LogP contribution in [0.1, 0.15) is 0 Å². The summed E-state index contributed by atoms with van der Waals surface area (Å²) in [6.07, 6.45) is 0. The van der Waals surface area contributed by atoms with Crippen molar-refractivity contribution in [3.63, 3.8) is 0 Å². The van der Waals surface area contributed by atoms with E-state index in [-0.39, 0.29) is 0 Å². The van der Waals surface area contributed by atoms with E-state index in [1.54, 1.807) is 0 Å². The van der Waals surface area contributed by atoms with Crippen LogP contribution < -0.4 is 0 Å². The monoisotopic (exact) mass is 968 g/mol. The predicted octanol–water partition coefficient (Wildman–Crippen LogP) is 17.9. The Morgan fingerprint density at radius 2 is 0.618 bits per heavy atom. The van der Waals surface area contributed by atoms with Gasteiger partial charge >= 0.3 is 0 Å². The molecule has 0 radical (unpaired) electrons. The molecule has 0 fully saturated rings. The highest BCUT2D eigenvalue weighted by Gasteiger charge is 2.25. The molecule has 0 amide bonds. The van der Waals surface area contributed by atoms with E-state index >= 15 is 0 Å². The molecule has 16 aromatic rings. The molecule has 11 aromatic carbocycles. The molecule has 0 bridgehead atoms. The Hall–Kier alpha value is -10.3. The number of benzene rings is 11. The highest BCUT2D eigenvalue weighted by molar-refractivity contribution is 6.28. The van der Waals surface area contributed by atoms with Crippen LogP contribution in [0.5, 0.6) is 0 Å². The second kappa shape index (κ2) is 16.6. The van der Waals surface area contributed by atoms with Crippen LogP contribution in [0.4, 0.5) is 0 Å². The zero-order chi connectivity index (χ0) is 49.8. The molecule has 0 unspecified atom stereocenters. The van der Waals surface area contributed by atoms with Crippen molar-refractivity contribution in [3.05, 3.63) is 267 Å². The third-order valence-corrected chi connectivity index (χ3v) is 15.5. The quantitative estimate of drug-likeness (QED) is 0.160. The molecular weight excluding hydrogens is 925 g/mol. The lowest BCUT2D eigenvalue weighted by Gasteiger charge is -2.12. The van der Waals surface area contributed by atoms with Crippen LogP contribution in [0.2, 0.25) is 0 Å². The average molecular weight is 969 g/mol. The number of hydrogen-bond donors (Lipinski definition) is 0. The van der Waals surface area contributed by atoms with Crippen molar-refractivity contribution >= 4 is 87.2 Å². The van der Waals surface area contributed by atoms with Crippen LogP contribution in [-0.4, -0.2) is 28.2 Å². The molecular formula is C70H44N6. The fourth-order valence-electron chi connectivity index (χ4n) is 12.3. The molecule has 0 saturated carbocycles. The third-order valence-electron chi connectivity index (χ3n) is 15.5. The first kappa shape index (κ1) is 42.2. The van der Waals surface area contributed by atoms with Gasteiger partial charge in [-0.2, -0.15) is 0 Å². The number of rotatable bonds is 7. The first-order valence-corrected chi connectivity index (χ1v) is 25.9. The van der Waals surface area contributed by atoms with Crippen LogP contribution in [0, 0.1) is 0 Å². The number of aromatic nitrogens is 6. The van der Waals surface area contributed by atoms with Gasteiger partial charge in [-0.25, -0.2) is 9.97 Å². The third kappa shape index (κ3) is 6.28. The van der Waals surface area contributed by atoms with Crippen LogP contribution in [0.25, 0.3) is 144 Å². The van der Waals surface area contributed by atoms with Gasteiger partial charge in [-0.15, -0.1) is 0 Å². The van der Waals surface area contributed by atoms with E-state index in [1.165, 1.54) is 48.7 Å². The molecule has 16 rings (SSSR count). The maximum atomic E-state index is 5.33. The summed E-state index contributed by atoms with van der Waals surface area (Å²) in [6.45, 7) is 0. The molecule has 354 valence electrons. The van der Waals surface area contributed by atoms with E-state index in [4.69, 9.17) is 9.97 Å². The number of nitrogens with zero attached hydrogens (tertiary/aromatic N) is 6. The molecule has 0 saturated heterocycles. The normalized spacial score (nSPS) is 11.9. The Morgan fingerprint density at radius 1 is 0.224 bits per heavy atom. The minimum atomic E-state index is 0.691. The molecule has 76 heavy (non-hydrogen) atoms. The first-order valence-electron chi connectivity index (χ1n) is 25.9. The van der Waals surface area contributed by atoms with Gasteiger partial charge in [0.25, 0.3) is 0 Å². The van der Waals surface area contributed by atoms with Gasteiger partial charge in [-0.3, -0.25) is 0 Å². The van der Waals surface area contributed by atoms with Crippen molar-refractivity contribution in [2.75, 3.05) is 0 Å². The highest BCUT2D eigenvalue weighted by Crippen LogP contribution is 2.46. The molecule has 5 aromatic heterocycles. The van der Waals surface area contributed by atoms with Crippen LogP contribution in [0.3, 0.4) is 0 Å². The fourth-order valence-corrected chi connectivity index (χ4v) is 12.3. The summed E-state index contributed by atoms with van der Waals surface area (Å²) in [6, 6.07) is 96.3. The minimum absolute atomic E-state index is 0.691. The lowest BCUT2D eigenvalue weighted by molar-refractivity contribution is 1.16. The molecule has 6 nitrogen and oxygen atoms in total. The summed E-state index contributed by atoms with van der Waals surface area (Å²) in [7, 11) is 0. The van der Waals surface area contributed by atoms with Gasteiger partial charge in [0.05, 0.1) is 55.5 Å². The topological polar surface area (TPSA) is 45.5 Å². The molecule has 0 aliphatic carbocycles. The van der Waals surface area contributed by atoms with Gasteiger partial charge in [0, 0.05) is 82.5 Å². The predicted molar refractivity (Wildman–Crippen MR) is 316 cm³/mol. The van der Waals surface area contributed by atoms with Crippen molar-refractivity contribution in [1.29, 1.82) is 0 Å². The Morgan fingerprint density at radius 3 is 1.16 bits per heavy atom. The molecule has 5 heterocycles. The minimum Gasteiger partial charge on any atom is -0.309 e. The van der Waals surface area contributed by atoms with Crippen LogP contribution in [0.15, 0.2) is 267 Å². The summed E-state index contributed by atoms with van der Waals surface area (Å²) in [4.78, 5) is 10.5. The second-order valence-electron chi connectivity index (χ2n) is 19.7. The van der Waals surface area contributed by atoms with Gasteiger partial charge in [0.2, 0.25) is 0 Å². The van der Waals surface area contributed by atoms with Crippen LogP contribution >= 0.6 is 0 Å². The van der Waals surface area contributed by atoms with Crippen molar-refractivity contribution in [1.82, 2.24) is 28.2 Å². The van der Waals surface area contributed by atoms with Crippen molar-refractivity contribution in [3.8, 4) is 56.7 Å². The SMILES string of the molecule is c1ccc(-c2cc(-c3ccc4c(c3)c3c(ccc5c6ccccc6n(-c6ccc7c(c6)c6c(ccc8c9ccccc9n(-c9ccccc9)c86)n7-c6ccccc6)c53)n4-c3ccccc3)nc(-c3ccccc3)n2)cc1. The van der Waals surface area contributed by atoms with Gasteiger partial charge in [0.1, 0.15) is 0 Å². The van der Waals surface area contributed by atoms with Gasteiger partial charge < -0.3 is 18.3 Å². The standard InChI is InChI=1S/C70H44N6/c1-6-20-45(21-7-1)58-44-59(72-70(71-58)46-22-8-2-9-23-46)47-34-38-62-56(42-47)66-64(73(62)48-24-10-3-11-25-48)40-37-55-53-31-17-19-33-61(53)76(69(55)66)51-35-39-63-57(43-51)67-65(74(63)49-26-12-4-13-27-49)41-36-54-52-30-16-18-32-60(52)75(68(54)67)50-28-14-5-15-29-50/h1-44H. The van der Waals surface area contributed by atoms with E-state index in [0.29, 0.717) is 5.82 Å². The summed E-state index contributed by atoms with van der Waals surface area (Å²) < 4.78 is 9.87. The lowest BCUT2D eigenvalue weighted by atomic mass is 10.0. The Balaban J connectivity index is 1.03. The smallest absolute Gasteiger partial charge is 0.160 e. The van der Waals surface area contributed by atoms with Crippen molar-refractivity contribution in [2.45, 2.75) is 0 Å². The summed E-state index contributed by atoms with van der Waals surface area (Å²) in [5.41, 5.74) is 18.4. The molecule has 0 N–H and O–H groups in total. The summed E-state index contributed by atoms with van der Waals surface area (Å²) >= 11 is 0.